The lowest BCUT2D eigenvalue weighted by atomic mass is 10.1. The maximum Gasteiger partial charge on any atom is 0.257 e. The first-order valence-electron chi connectivity index (χ1n) is 8.07. The minimum Gasteiger partial charge on any atom is -0.298 e. The van der Waals surface area contributed by atoms with Crippen molar-refractivity contribution in [3.8, 4) is 10.6 Å². The van der Waals surface area contributed by atoms with Crippen LogP contribution in [0.1, 0.15) is 20.8 Å². The molecule has 130 valence electrons. The number of thiazole rings is 1. The molecule has 0 spiro atoms. The van der Waals surface area contributed by atoms with Crippen LogP contribution in [-0.4, -0.2) is 20.7 Å². The molecule has 0 radical (unpaired) electrons. The molecule has 1 aromatic carbocycles. The minimum atomic E-state index is -0.154. The van der Waals surface area contributed by atoms with Crippen molar-refractivity contribution in [2.24, 2.45) is 0 Å². The number of carbonyl (C=O) groups excluding carboxylic acids is 1. The molecule has 1 N–H and O–H groups in total. The van der Waals surface area contributed by atoms with E-state index in [2.05, 4.69) is 34.5 Å². The molecule has 1 amide bonds. The number of aryl methyl sites for hydroxylation is 1. The number of hydrogen-bond acceptors (Lipinski definition) is 5. The van der Waals surface area contributed by atoms with Crippen LogP contribution in [0, 0.1) is 6.92 Å². The van der Waals surface area contributed by atoms with Crippen molar-refractivity contribution < 1.29 is 4.79 Å². The second kappa shape index (κ2) is 7.23. The molecule has 5 nitrogen and oxygen atoms in total. The quantitative estimate of drug-likeness (QED) is 0.547. The first-order valence-corrected chi connectivity index (χ1v) is 9.77. The van der Waals surface area contributed by atoms with Gasteiger partial charge in [-0.05, 0) is 42.8 Å². The third-order valence-electron chi connectivity index (χ3n) is 3.84. The van der Waals surface area contributed by atoms with E-state index in [4.69, 9.17) is 0 Å². The molecular weight excluding hydrogens is 364 g/mol. The van der Waals surface area contributed by atoms with E-state index in [1.807, 2.05) is 46.6 Å². The Morgan fingerprint density at radius 1 is 1.19 bits per heavy atom. The molecule has 26 heavy (non-hydrogen) atoms. The molecule has 0 atom stereocenters. The van der Waals surface area contributed by atoms with Crippen molar-refractivity contribution in [2.45, 2.75) is 13.5 Å². The zero-order chi connectivity index (χ0) is 17.9. The fraction of sp³-hybridized carbons (Fsp3) is 0.105. The van der Waals surface area contributed by atoms with Crippen LogP contribution in [0.4, 0.5) is 5.13 Å². The number of nitrogens with one attached hydrogen (secondary N) is 1. The molecule has 0 saturated carbocycles. The van der Waals surface area contributed by atoms with Crippen molar-refractivity contribution in [3.63, 3.8) is 0 Å². The fourth-order valence-electron chi connectivity index (χ4n) is 2.53. The first-order chi connectivity index (χ1) is 12.7. The third-order valence-corrected chi connectivity index (χ3v) is 5.62. The molecule has 3 heterocycles. The number of rotatable bonds is 5. The van der Waals surface area contributed by atoms with Crippen LogP contribution in [0.25, 0.3) is 10.6 Å². The van der Waals surface area contributed by atoms with Gasteiger partial charge in [0.25, 0.3) is 5.91 Å². The number of carbonyl (C=O) groups is 1. The summed E-state index contributed by atoms with van der Waals surface area (Å²) in [5, 5.41) is 9.64. The molecule has 7 heteroatoms. The highest BCUT2D eigenvalue weighted by Crippen LogP contribution is 2.30. The lowest BCUT2D eigenvalue weighted by Crippen LogP contribution is -2.11. The van der Waals surface area contributed by atoms with Crippen LogP contribution in [0.5, 0.6) is 0 Å². The van der Waals surface area contributed by atoms with Gasteiger partial charge in [-0.1, -0.05) is 12.1 Å². The summed E-state index contributed by atoms with van der Waals surface area (Å²) in [6.45, 7) is 2.75. The average molecular weight is 380 g/mol. The minimum absolute atomic E-state index is 0.154. The van der Waals surface area contributed by atoms with Gasteiger partial charge >= 0.3 is 0 Å². The number of anilines is 1. The highest BCUT2D eigenvalue weighted by Gasteiger charge is 2.11. The van der Waals surface area contributed by atoms with Crippen LogP contribution in [0.15, 0.2) is 60.2 Å². The highest BCUT2D eigenvalue weighted by molar-refractivity contribution is 7.17. The van der Waals surface area contributed by atoms with Crippen LogP contribution in [-0.2, 0) is 6.54 Å². The van der Waals surface area contributed by atoms with Crippen molar-refractivity contribution in [2.75, 3.05) is 5.32 Å². The normalized spacial score (nSPS) is 10.8. The second-order valence-electron chi connectivity index (χ2n) is 5.80. The molecule has 0 aliphatic rings. The number of amides is 1. The molecule has 0 aliphatic heterocycles. The zero-order valence-electron chi connectivity index (χ0n) is 14.0. The van der Waals surface area contributed by atoms with E-state index in [0.29, 0.717) is 17.2 Å². The summed E-state index contributed by atoms with van der Waals surface area (Å²) in [6, 6.07) is 13.6. The van der Waals surface area contributed by atoms with Gasteiger partial charge in [0, 0.05) is 28.2 Å². The van der Waals surface area contributed by atoms with Gasteiger partial charge in [0.05, 0.1) is 17.1 Å². The summed E-state index contributed by atoms with van der Waals surface area (Å²) in [6.07, 6.45) is 3.66. The van der Waals surface area contributed by atoms with E-state index < -0.39 is 0 Å². The van der Waals surface area contributed by atoms with Gasteiger partial charge in [0.1, 0.15) is 0 Å². The van der Waals surface area contributed by atoms with Gasteiger partial charge in [-0.25, -0.2) is 4.98 Å². The number of aromatic nitrogens is 3. The summed E-state index contributed by atoms with van der Waals surface area (Å²) < 4.78 is 1.85. The van der Waals surface area contributed by atoms with Gasteiger partial charge in [0.15, 0.2) is 5.13 Å². The first kappa shape index (κ1) is 16.7. The second-order valence-corrected chi connectivity index (χ2v) is 7.95. The van der Waals surface area contributed by atoms with E-state index in [1.165, 1.54) is 16.2 Å². The fourth-order valence-corrected chi connectivity index (χ4v) is 4.14. The topological polar surface area (TPSA) is 59.8 Å². The van der Waals surface area contributed by atoms with Crippen molar-refractivity contribution in [1.29, 1.82) is 0 Å². The molecule has 0 fully saturated rings. The van der Waals surface area contributed by atoms with E-state index in [-0.39, 0.29) is 5.91 Å². The van der Waals surface area contributed by atoms with E-state index in [1.54, 1.807) is 17.5 Å². The molecule has 3 aromatic heterocycles. The largest absolute Gasteiger partial charge is 0.298 e. The standard InChI is InChI=1S/C19H16N4OS2/c1-13-3-8-17(26-13)16-12-25-19(21-16)22-18(24)15-6-4-14(5-7-15)11-23-10-2-9-20-23/h2-10,12H,11H2,1H3,(H,21,22,24). The summed E-state index contributed by atoms with van der Waals surface area (Å²) in [7, 11) is 0. The van der Waals surface area contributed by atoms with Gasteiger partial charge < -0.3 is 0 Å². The molecule has 0 unspecified atom stereocenters. The Morgan fingerprint density at radius 2 is 2.04 bits per heavy atom. The van der Waals surface area contributed by atoms with Crippen LogP contribution < -0.4 is 5.32 Å². The Bertz CT molecular complexity index is 1020. The maximum atomic E-state index is 12.4. The van der Waals surface area contributed by atoms with Crippen LogP contribution in [0.3, 0.4) is 0 Å². The van der Waals surface area contributed by atoms with Crippen LogP contribution >= 0.6 is 22.7 Å². The third kappa shape index (κ3) is 3.74. The SMILES string of the molecule is Cc1ccc(-c2csc(NC(=O)c3ccc(Cn4cccn4)cc3)n2)s1. The van der Waals surface area contributed by atoms with Gasteiger partial charge in [-0.15, -0.1) is 22.7 Å². The number of thiophene rings is 1. The number of hydrogen-bond donors (Lipinski definition) is 1. The van der Waals surface area contributed by atoms with Crippen molar-refractivity contribution in [1.82, 2.24) is 14.8 Å². The van der Waals surface area contributed by atoms with Crippen molar-refractivity contribution >= 4 is 33.7 Å². The lowest BCUT2D eigenvalue weighted by molar-refractivity contribution is 0.102. The van der Waals surface area contributed by atoms with Crippen molar-refractivity contribution in [3.05, 3.63) is 76.2 Å². The predicted molar refractivity (Wildman–Crippen MR) is 106 cm³/mol. The molecule has 4 aromatic rings. The highest BCUT2D eigenvalue weighted by atomic mass is 32.1. The molecule has 0 saturated heterocycles. The van der Waals surface area contributed by atoms with Gasteiger partial charge in [-0.3, -0.25) is 14.8 Å². The Morgan fingerprint density at radius 3 is 2.73 bits per heavy atom. The number of benzene rings is 1. The molecule has 0 bridgehead atoms. The van der Waals surface area contributed by atoms with E-state index in [9.17, 15) is 4.79 Å². The molecule has 0 aliphatic carbocycles. The summed E-state index contributed by atoms with van der Waals surface area (Å²) in [5.41, 5.74) is 2.60. The zero-order valence-corrected chi connectivity index (χ0v) is 15.7. The Kier molecular flexibility index (Phi) is 4.64. The smallest absolute Gasteiger partial charge is 0.257 e. The van der Waals surface area contributed by atoms with E-state index >= 15 is 0 Å². The maximum absolute atomic E-state index is 12.4. The Hall–Kier alpha value is -2.77. The summed E-state index contributed by atoms with van der Waals surface area (Å²) >= 11 is 3.13. The van der Waals surface area contributed by atoms with E-state index in [0.717, 1.165) is 16.1 Å². The Labute approximate surface area is 159 Å². The molecular formula is C19H16N4OS2. The average Bonchev–Trinajstić information content (AvgIpc) is 3.38. The predicted octanol–water partition coefficient (Wildman–Crippen LogP) is 4.68. The van der Waals surface area contributed by atoms with Gasteiger partial charge in [-0.2, -0.15) is 5.10 Å². The monoisotopic (exact) mass is 380 g/mol. The van der Waals surface area contributed by atoms with Crippen LogP contribution in [0.2, 0.25) is 0 Å². The summed E-state index contributed by atoms with van der Waals surface area (Å²) in [4.78, 5) is 19.3. The summed E-state index contributed by atoms with van der Waals surface area (Å²) in [5.74, 6) is -0.154. The van der Waals surface area contributed by atoms with Gasteiger partial charge in [0.2, 0.25) is 0 Å². The molecule has 4 rings (SSSR count). The Balaban J connectivity index is 1.42. The lowest BCUT2D eigenvalue weighted by Gasteiger charge is -2.05. The number of nitrogens with zero attached hydrogens (tertiary/aromatic N) is 3.